The van der Waals surface area contributed by atoms with E-state index in [0.717, 1.165) is 48.3 Å². The second-order valence-corrected chi connectivity index (χ2v) is 11.5. The zero-order chi connectivity index (χ0) is 23.6. The molecule has 0 saturated carbocycles. The monoisotopic (exact) mass is 442 g/mol. The molecule has 1 aromatic rings. The number of aryl methyl sites for hydroxylation is 1. The van der Waals surface area contributed by atoms with E-state index in [9.17, 15) is 5.11 Å². The predicted molar refractivity (Wildman–Crippen MR) is 139 cm³/mol. The van der Waals surface area contributed by atoms with Crippen LogP contribution in [0.5, 0.6) is 11.5 Å². The Balaban J connectivity index is 1.61. The Morgan fingerprint density at radius 3 is 2.28 bits per heavy atom. The van der Waals surface area contributed by atoms with Gasteiger partial charge in [0.05, 0.1) is 0 Å². The van der Waals surface area contributed by atoms with E-state index in [0.29, 0.717) is 5.75 Å². The molecule has 0 radical (unpaired) electrons. The van der Waals surface area contributed by atoms with Gasteiger partial charge >= 0.3 is 0 Å². The molecular weight excluding hydrogens is 392 g/mol. The number of hydrogen-bond acceptors (Lipinski definition) is 2. The molecule has 0 spiro atoms. The Hall–Kier alpha value is -1.44. The van der Waals surface area contributed by atoms with E-state index in [-0.39, 0.29) is 5.60 Å². The van der Waals surface area contributed by atoms with Gasteiger partial charge in [0.15, 0.2) is 0 Å². The topological polar surface area (TPSA) is 29.5 Å². The molecule has 0 aromatic heterocycles. The van der Waals surface area contributed by atoms with Gasteiger partial charge < -0.3 is 9.84 Å². The molecule has 0 fully saturated rings. The molecule has 0 aliphatic carbocycles. The normalized spacial score (nSPS) is 20.7. The number of hydrogen-bond donors (Lipinski definition) is 1. The summed E-state index contributed by atoms with van der Waals surface area (Å²) in [5, 5.41) is 9.67. The first kappa shape index (κ1) is 26.8. The van der Waals surface area contributed by atoms with Gasteiger partial charge in [-0.25, -0.2) is 0 Å². The van der Waals surface area contributed by atoms with E-state index in [1.54, 1.807) is 6.07 Å². The Bertz CT molecular complexity index is 705. The van der Waals surface area contributed by atoms with Crippen molar-refractivity contribution in [2.45, 2.75) is 124 Å². The average molecular weight is 443 g/mol. The Morgan fingerprint density at radius 1 is 1.00 bits per heavy atom. The third-order valence-corrected chi connectivity index (χ3v) is 7.35. The van der Waals surface area contributed by atoms with Crippen LogP contribution in [0.4, 0.5) is 0 Å². The summed E-state index contributed by atoms with van der Waals surface area (Å²) in [6, 6.07) is 5.47. The number of phenols is 1. The average Bonchev–Trinajstić information content (AvgIpc) is 2.72. The van der Waals surface area contributed by atoms with Crippen molar-refractivity contribution < 1.29 is 9.84 Å². The summed E-state index contributed by atoms with van der Waals surface area (Å²) in [5.41, 5.74) is 2.49. The lowest BCUT2D eigenvalue weighted by atomic mass is 9.88. The summed E-state index contributed by atoms with van der Waals surface area (Å²) in [4.78, 5) is 0. The Labute approximate surface area is 198 Å². The van der Waals surface area contributed by atoms with Crippen molar-refractivity contribution in [3.8, 4) is 11.5 Å². The van der Waals surface area contributed by atoms with E-state index < -0.39 is 0 Å². The van der Waals surface area contributed by atoms with Gasteiger partial charge in [-0.05, 0) is 81.0 Å². The van der Waals surface area contributed by atoms with Crippen LogP contribution < -0.4 is 4.74 Å². The molecule has 0 amide bonds. The molecule has 0 bridgehead atoms. The zero-order valence-corrected chi connectivity index (χ0v) is 21.9. The highest BCUT2D eigenvalue weighted by Crippen LogP contribution is 2.37. The van der Waals surface area contributed by atoms with Crippen LogP contribution >= 0.6 is 0 Å². The number of allylic oxidation sites excluding steroid dienone is 1. The van der Waals surface area contributed by atoms with E-state index in [4.69, 9.17) is 4.74 Å². The van der Waals surface area contributed by atoms with Crippen molar-refractivity contribution in [2.75, 3.05) is 0 Å². The minimum absolute atomic E-state index is 0.135. The molecule has 1 aliphatic rings. The smallest absolute Gasteiger partial charge is 0.123 e. The van der Waals surface area contributed by atoms with Crippen LogP contribution in [-0.2, 0) is 6.42 Å². The van der Waals surface area contributed by atoms with E-state index >= 15 is 0 Å². The molecule has 3 atom stereocenters. The van der Waals surface area contributed by atoms with Crippen molar-refractivity contribution in [3.05, 3.63) is 35.4 Å². The zero-order valence-electron chi connectivity index (χ0n) is 21.9. The summed E-state index contributed by atoms with van der Waals surface area (Å²) < 4.78 is 6.31. The van der Waals surface area contributed by atoms with Crippen LogP contribution in [0.1, 0.15) is 118 Å². The molecule has 0 saturated heterocycles. The second kappa shape index (κ2) is 13.3. The van der Waals surface area contributed by atoms with Crippen LogP contribution in [0.15, 0.2) is 29.8 Å². The van der Waals surface area contributed by atoms with Crippen molar-refractivity contribution in [1.82, 2.24) is 0 Å². The number of benzene rings is 1. The molecular formula is C30H50O2. The number of rotatable bonds is 14. The minimum atomic E-state index is -0.135. The van der Waals surface area contributed by atoms with Crippen molar-refractivity contribution in [1.29, 1.82) is 0 Å². The third kappa shape index (κ3) is 10.0. The molecule has 2 heteroatoms. The highest BCUT2D eigenvalue weighted by atomic mass is 16.5. The van der Waals surface area contributed by atoms with Gasteiger partial charge in [0.25, 0.3) is 0 Å². The van der Waals surface area contributed by atoms with Gasteiger partial charge in [-0.1, -0.05) is 84.3 Å². The number of fused-ring (bicyclic) bond motifs is 1. The molecule has 182 valence electrons. The lowest BCUT2D eigenvalue weighted by Crippen LogP contribution is -2.35. The molecule has 1 aromatic carbocycles. The summed E-state index contributed by atoms with van der Waals surface area (Å²) >= 11 is 0. The van der Waals surface area contributed by atoms with E-state index in [2.05, 4.69) is 47.6 Å². The molecule has 1 unspecified atom stereocenters. The maximum atomic E-state index is 9.67. The molecule has 32 heavy (non-hydrogen) atoms. The van der Waals surface area contributed by atoms with Gasteiger partial charge in [-0.15, -0.1) is 0 Å². The lowest BCUT2D eigenvalue weighted by Gasteiger charge is -2.35. The van der Waals surface area contributed by atoms with Crippen molar-refractivity contribution >= 4 is 0 Å². The lowest BCUT2D eigenvalue weighted by molar-refractivity contribution is 0.0677. The van der Waals surface area contributed by atoms with Gasteiger partial charge in [0.1, 0.15) is 17.1 Å². The van der Waals surface area contributed by atoms with Crippen LogP contribution in [0.2, 0.25) is 0 Å². The fourth-order valence-corrected chi connectivity index (χ4v) is 4.92. The van der Waals surface area contributed by atoms with E-state index in [1.165, 1.54) is 63.4 Å². The molecule has 2 nitrogen and oxygen atoms in total. The van der Waals surface area contributed by atoms with Gasteiger partial charge in [-0.3, -0.25) is 0 Å². The highest BCUT2D eigenvalue weighted by molar-refractivity contribution is 5.41. The van der Waals surface area contributed by atoms with Gasteiger partial charge in [-0.2, -0.15) is 0 Å². The van der Waals surface area contributed by atoms with Crippen molar-refractivity contribution in [2.24, 2.45) is 17.8 Å². The predicted octanol–water partition coefficient (Wildman–Crippen LogP) is 9.25. The SMILES string of the molecule is C/C(=C\CC1(C)CCc2cc(O)ccc2O1)CCC[C@H](C)CCC[C@H](C)CCCC(C)C. The van der Waals surface area contributed by atoms with Crippen LogP contribution in [0.25, 0.3) is 0 Å². The van der Waals surface area contributed by atoms with Crippen LogP contribution in [0, 0.1) is 17.8 Å². The maximum Gasteiger partial charge on any atom is 0.123 e. The van der Waals surface area contributed by atoms with Crippen LogP contribution in [0.3, 0.4) is 0 Å². The maximum absolute atomic E-state index is 9.67. The number of ether oxygens (including phenoxy) is 1. The van der Waals surface area contributed by atoms with Gasteiger partial charge in [0, 0.05) is 6.42 Å². The fourth-order valence-electron chi connectivity index (χ4n) is 4.92. The first-order chi connectivity index (χ1) is 15.2. The second-order valence-electron chi connectivity index (χ2n) is 11.5. The fraction of sp³-hybridized carbons (Fsp3) is 0.733. The summed E-state index contributed by atoms with van der Waals surface area (Å²) in [6.07, 6.45) is 17.6. The molecule has 1 aliphatic heterocycles. The van der Waals surface area contributed by atoms with Gasteiger partial charge in [0.2, 0.25) is 0 Å². The first-order valence-electron chi connectivity index (χ1n) is 13.3. The number of aromatic hydroxyl groups is 1. The minimum Gasteiger partial charge on any atom is -0.508 e. The van der Waals surface area contributed by atoms with E-state index in [1.807, 2.05) is 12.1 Å². The molecule has 2 rings (SSSR count). The molecule has 1 N–H and O–H groups in total. The summed E-state index contributed by atoms with van der Waals surface area (Å²) in [5.74, 6) is 3.86. The summed E-state index contributed by atoms with van der Waals surface area (Å²) in [6.45, 7) is 14.0. The summed E-state index contributed by atoms with van der Waals surface area (Å²) in [7, 11) is 0. The highest BCUT2D eigenvalue weighted by Gasteiger charge is 2.30. The third-order valence-electron chi connectivity index (χ3n) is 7.35. The number of phenolic OH excluding ortho intramolecular Hbond substituents is 1. The van der Waals surface area contributed by atoms with Crippen LogP contribution in [-0.4, -0.2) is 10.7 Å². The standard InChI is InChI=1S/C30H50O2/c1-23(2)10-7-11-24(3)12-8-13-25(4)14-9-15-26(5)18-20-30(6)21-19-27-22-28(31)16-17-29(27)32-30/h16-18,22-25,31H,7-15,19-21H2,1-6H3/b26-18+/t24-,25-,30?/m1/s1. The quantitative estimate of drug-likeness (QED) is 0.291. The largest absolute Gasteiger partial charge is 0.508 e. The van der Waals surface area contributed by atoms with Crippen molar-refractivity contribution in [3.63, 3.8) is 0 Å². The molecule has 1 heterocycles. The first-order valence-corrected chi connectivity index (χ1v) is 13.3. The Morgan fingerprint density at radius 2 is 1.62 bits per heavy atom. The Kier molecular flexibility index (Phi) is 11.2.